The lowest BCUT2D eigenvalue weighted by molar-refractivity contribution is 0.0979. The van der Waals surface area contributed by atoms with Crippen molar-refractivity contribution in [2.45, 2.75) is 51.1 Å². The van der Waals surface area contributed by atoms with E-state index in [1.165, 1.54) is 50.2 Å². The lowest BCUT2D eigenvalue weighted by Crippen LogP contribution is -2.53. The Labute approximate surface area is 104 Å². The molecule has 16 heavy (non-hydrogen) atoms. The van der Waals surface area contributed by atoms with Crippen molar-refractivity contribution in [1.82, 2.24) is 4.90 Å². The third kappa shape index (κ3) is 2.93. The highest BCUT2D eigenvalue weighted by Gasteiger charge is 2.31. The van der Waals surface area contributed by atoms with Crippen molar-refractivity contribution >= 4 is 11.8 Å². The summed E-state index contributed by atoms with van der Waals surface area (Å²) in [7, 11) is 0. The lowest BCUT2D eigenvalue weighted by Gasteiger charge is -2.43. The van der Waals surface area contributed by atoms with E-state index in [-0.39, 0.29) is 0 Å². The molecule has 1 aliphatic carbocycles. The topological polar surface area (TPSA) is 29.3 Å². The molecule has 1 saturated carbocycles. The van der Waals surface area contributed by atoms with E-state index in [1.807, 2.05) is 0 Å². The Morgan fingerprint density at radius 2 is 2.06 bits per heavy atom. The van der Waals surface area contributed by atoms with E-state index in [0.717, 1.165) is 18.5 Å². The van der Waals surface area contributed by atoms with E-state index in [2.05, 4.69) is 23.6 Å². The van der Waals surface area contributed by atoms with Crippen LogP contribution in [-0.2, 0) is 0 Å². The number of nitrogens with zero attached hydrogens (tertiary/aromatic N) is 1. The van der Waals surface area contributed by atoms with Gasteiger partial charge >= 0.3 is 0 Å². The van der Waals surface area contributed by atoms with Gasteiger partial charge in [-0.05, 0) is 25.7 Å². The van der Waals surface area contributed by atoms with E-state index in [4.69, 9.17) is 5.73 Å². The summed E-state index contributed by atoms with van der Waals surface area (Å²) in [5.74, 6) is 3.47. The Hall–Kier alpha value is 0.270. The van der Waals surface area contributed by atoms with Crippen LogP contribution in [0.1, 0.15) is 39.0 Å². The number of thioether (sulfide) groups is 1. The number of rotatable bonds is 3. The highest BCUT2D eigenvalue weighted by atomic mass is 32.2. The smallest absolute Gasteiger partial charge is 0.0250 e. The highest BCUT2D eigenvalue weighted by Crippen LogP contribution is 2.31. The average molecular weight is 242 g/mol. The van der Waals surface area contributed by atoms with Gasteiger partial charge in [-0.1, -0.05) is 19.3 Å². The molecule has 0 aromatic heterocycles. The Bertz CT molecular complexity index is 204. The van der Waals surface area contributed by atoms with Crippen molar-refractivity contribution in [2.24, 2.45) is 11.7 Å². The van der Waals surface area contributed by atoms with E-state index in [9.17, 15) is 0 Å². The molecule has 0 aromatic carbocycles. The Morgan fingerprint density at radius 3 is 2.69 bits per heavy atom. The van der Waals surface area contributed by atoms with Crippen molar-refractivity contribution in [1.29, 1.82) is 0 Å². The van der Waals surface area contributed by atoms with Gasteiger partial charge in [0.05, 0.1) is 0 Å². The summed E-state index contributed by atoms with van der Waals surface area (Å²) >= 11 is 2.10. The third-order valence-electron chi connectivity index (χ3n) is 4.28. The number of nitrogens with two attached hydrogens (primary N) is 1. The predicted octanol–water partition coefficient (Wildman–Crippen LogP) is 2.33. The molecule has 1 heterocycles. The SMILES string of the molecule is CC1CSCCN1C(CN)C1CCCCC1. The molecule has 1 saturated heterocycles. The molecule has 0 aromatic rings. The molecule has 2 N–H and O–H groups in total. The molecule has 0 bridgehead atoms. The van der Waals surface area contributed by atoms with Crippen LogP contribution in [0.5, 0.6) is 0 Å². The molecule has 2 nitrogen and oxygen atoms in total. The number of hydrogen-bond donors (Lipinski definition) is 1. The summed E-state index contributed by atoms with van der Waals surface area (Å²) in [4.78, 5) is 2.70. The van der Waals surface area contributed by atoms with Gasteiger partial charge in [0, 0.05) is 36.7 Å². The first-order chi connectivity index (χ1) is 7.83. The Morgan fingerprint density at radius 1 is 1.31 bits per heavy atom. The third-order valence-corrected chi connectivity index (χ3v) is 5.47. The molecule has 2 unspecified atom stereocenters. The van der Waals surface area contributed by atoms with E-state index >= 15 is 0 Å². The van der Waals surface area contributed by atoms with Crippen LogP contribution in [0.3, 0.4) is 0 Å². The standard InChI is InChI=1S/C13H26N2S/c1-11-10-16-8-7-15(11)13(9-14)12-5-3-2-4-6-12/h11-13H,2-10,14H2,1H3. The molecule has 1 aliphatic heterocycles. The normalized spacial score (nSPS) is 31.5. The fourth-order valence-corrected chi connectivity index (χ4v) is 4.39. The van der Waals surface area contributed by atoms with Crippen molar-refractivity contribution < 1.29 is 0 Å². The minimum absolute atomic E-state index is 0.663. The second-order valence-electron chi connectivity index (χ2n) is 5.36. The first-order valence-electron chi connectivity index (χ1n) is 6.86. The minimum atomic E-state index is 0.663. The zero-order chi connectivity index (χ0) is 11.4. The second-order valence-corrected chi connectivity index (χ2v) is 6.51. The summed E-state index contributed by atoms with van der Waals surface area (Å²) in [5, 5.41) is 0. The molecule has 0 radical (unpaired) electrons. The molecule has 0 amide bonds. The summed E-state index contributed by atoms with van der Waals surface area (Å²) < 4.78 is 0. The first kappa shape index (κ1) is 12.7. The monoisotopic (exact) mass is 242 g/mol. The van der Waals surface area contributed by atoms with Crippen molar-refractivity contribution in [2.75, 3.05) is 24.6 Å². The highest BCUT2D eigenvalue weighted by molar-refractivity contribution is 7.99. The van der Waals surface area contributed by atoms with Crippen LogP contribution in [0.25, 0.3) is 0 Å². The van der Waals surface area contributed by atoms with Crippen LogP contribution in [-0.4, -0.2) is 41.6 Å². The predicted molar refractivity (Wildman–Crippen MR) is 72.9 cm³/mol. The van der Waals surface area contributed by atoms with Gasteiger partial charge in [0.25, 0.3) is 0 Å². The fraction of sp³-hybridized carbons (Fsp3) is 1.00. The first-order valence-corrected chi connectivity index (χ1v) is 8.02. The maximum Gasteiger partial charge on any atom is 0.0250 e. The number of hydrogen-bond acceptors (Lipinski definition) is 3. The van der Waals surface area contributed by atoms with E-state index in [0.29, 0.717) is 6.04 Å². The summed E-state index contributed by atoms with van der Waals surface area (Å²) in [6.45, 7) is 4.49. The van der Waals surface area contributed by atoms with Crippen molar-refractivity contribution in [3.63, 3.8) is 0 Å². The quantitative estimate of drug-likeness (QED) is 0.823. The minimum Gasteiger partial charge on any atom is -0.329 e. The van der Waals surface area contributed by atoms with Crippen LogP contribution < -0.4 is 5.73 Å². The van der Waals surface area contributed by atoms with Crippen LogP contribution >= 0.6 is 11.8 Å². The van der Waals surface area contributed by atoms with Gasteiger partial charge in [-0.25, -0.2) is 0 Å². The van der Waals surface area contributed by atoms with Gasteiger partial charge in [0.2, 0.25) is 0 Å². The zero-order valence-electron chi connectivity index (χ0n) is 10.5. The lowest BCUT2D eigenvalue weighted by atomic mass is 9.83. The molecule has 2 atom stereocenters. The summed E-state index contributed by atoms with van der Waals surface area (Å²) in [6, 6.07) is 1.39. The maximum absolute atomic E-state index is 6.05. The summed E-state index contributed by atoms with van der Waals surface area (Å²) in [5.41, 5.74) is 6.05. The van der Waals surface area contributed by atoms with Crippen LogP contribution in [0.2, 0.25) is 0 Å². The van der Waals surface area contributed by atoms with Crippen molar-refractivity contribution in [3.8, 4) is 0 Å². The molecule has 2 fully saturated rings. The van der Waals surface area contributed by atoms with Gasteiger partial charge in [0.15, 0.2) is 0 Å². The molecule has 94 valence electrons. The van der Waals surface area contributed by atoms with Crippen LogP contribution in [0, 0.1) is 5.92 Å². The van der Waals surface area contributed by atoms with Crippen LogP contribution in [0.4, 0.5) is 0 Å². The van der Waals surface area contributed by atoms with E-state index < -0.39 is 0 Å². The van der Waals surface area contributed by atoms with Crippen LogP contribution in [0.15, 0.2) is 0 Å². The van der Waals surface area contributed by atoms with Crippen molar-refractivity contribution in [3.05, 3.63) is 0 Å². The molecule has 0 spiro atoms. The largest absolute Gasteiger partial charge is 0.329 e. The molecule has 3 heteroatoms. The molecule has 2 rings (SSSR count). The van der Waals surface area contributed by atoms with Gasteiger partial charge in [0.1, 0.15) is 0 Å². The summed E-state index contributed by atoms with van der Waals surface area (Å²) in [6.07, 6.45) is 7.13. The van der Waals surface area contributed by atoms with Gasteiger partial charge in [-0.15, -0.1) is 0 Å². The Balaban J connectivity index is 1.96. The van der Waals surface area contributed by atoms with E-state index in [1.54, 1.807) is 0 Å². The molecular formula is C13H26N2S. The van der Waals surface area contributed by atoms with Gasteiger partial charge in [-0.2, -0.15) is 11.8 Å². The molecular weight excluding hydrogens is 216 g/mol. The zero-order valence-corrected chi connectivity index (χ0v) is 11.3. The second kappa shape index (κ2) is 6.27. The Kier molecular flexibility index (Phi) is 4.98. The fourth-order valence-electron chi connectivity index (χ4n) is 3.35. The maximum atomic E-state index is 6.05. The van der Waals surface area contributed by atoms with Gasteiger partial charge in [-0.3, -0.25) is 4.90 Å². The van der Waals surface area contributed by atoms with Gasteiger partial charge < -0.3 is 5.73 Å². The molecule has 2 aliphatic rings. The average Bonchev–Trinajstić information content (AvgIpc) is 2.34.